The fourth-order valence-corrected chi connectivity index (χ4v) is 5.35. The smallest absolute Gasteiger partial charge is 0.252 e. The third-order valence-corrected chi connectivity index (χ3v) is 7.48. The van der Waals surface area contributed by atoms with E-state index >= 15 is 0 Å². The Balaban J connectivity index is 1.74. The van der Waals surface area contributed by atoms with Crippen molar-refractivity contribution in [1.29, 1.82) is 0 Å². The standard InChI is InChI=1S/C23H25FN2O6S/c1-30-21-11-15-10-16(23(27)25-20(15)12-22(21)31-2)13-26(14-18-4-3-9-32-18)33(28,29)19-7-5-17(24)6-8-19/h5-8,10-12,18H,3-4,9,13-14H2,1-2H3,(H,25,27)/t18-/m0/s1. The number of nitrogens with one attached hydrogen (secondary N) is 1. The highest BCUT2D eigenvalue weighted by molar-refractivity contribution is 7.89. The summed E-state index contributed by atoms with van der Waals surface area (Å²) in [6.45, 7) is 0.482. The molecule has 0 radical (unpaired) electrons. The molecule has 3 aromatic rings. The molecule has 0 bridgehead atoms. The number of methoxy groups -OCH3 is 2. The Kier molecular flexibility index (Phi) is 6.68. The summed E-state index contributed by atoms with van der Waals surface area (Å²) in [6.07, 6.45) is 1.29. The molecule has 8 nitrogen and oxygen atoms in total. The van der Waals surface area contributed by atoms with E-state index in [9.17, 15) is 17.6 Å². The van der Waals surface area contributed by atoms with Crippen molar-refractivity contribution in [3.8, 4) is 11.5 Å². The Labute approximate surface area is 190 Å². The molecule has 1 N–H and O–H groups in total. The number of aromatic amines is 1. The molecule has 4 rings (SSSR count). The second-order valence-electron chi connectivity index (χ2n) is 7.80. The molecule has 0 amide bonds. The van der Waals surface area contributed by atoms with Crippen LogP contribution in [0.25, 0.3) is 10.9 Å². The first-order valence-corrected chi connectivity index (χ1v) is 11.9. The number of fused-ring (bicyclic) bond motifs is 1. The Morgan fingerprint density at radius 1 is 1.12 bits per heavy atom. The highest BCUT2D eigenvalue weighted by atomic mass is 32.2. The van der Waals surface area contributed by atoms with Crippen LogP contribution in [0.1, 0.15) is 18.4 Å². The molecular formula is C23H25FN2O6S. The maximum Gasteiger partial charge on any atom is 0.252 e. The van der Waals surface area contributed by atoms with Crippen molar-refractivity contribution in [2.45, 2.75) is 30.4 Å². The monoisotopic (exact) mass is 476 g/mol. The van der Waals surface area contributed by atoms with Gasteiger partial charge in [-0.25, -0.2) is 12.8 Å². The maximum atomic E-state index is 13.4. The Morgan fingerprint density at radius 3 is 2.45 bits per heavy atom. The van der Waals surface area contributed by atoms with E-state index in [2.05, 4.69) is 4.98 Å². The number of pyridine rings is 1. The molecule has 176 valence electrons. The van der Waals surface area contributed by atoms with Crippen LogP contribution in [0.3, 0.4) is 0 Å². The number of hydrogen-bond acceptors (Lipinski definition) is 6. The number of ether oxygens (including phenoxy) is 3. The van der Waals surface area contributed by atoms with Crippen molar-refractivity contribution in [2.24, 2.45) is 0 Å². The van der Waals surface area contributed by atoms with Gasteiger partial charge in [0.15, 0.2) is 11.5 Å². The van der Waals surface area contributed by atoms with Gasteiger partial charge in [-0.2, -0.15) is 4.31 Å². The van der Waals surface area contributed by atoms with Crippen molar-refractivity contribution in [1.82, 2.24) is 9.29 Å². The average molecular weight is 477 g/mol. The molecule has 0 unspecified atom stereocenters. The minimum absolute atomic E-state index is 0.0504. The van der Waals surface area contributed by atoms with Crippen LogP contribution < -0.4 is 15.0 Å². The van der Waals surface area contributed by atoms with E-state index in [0.29, 0.717) is 29.0 Å². The van der Waals surface area contributed by atoms with Gasteiger partial charge >= 0.3 is 0 Å². The quantitative estimate of drug-likeness (QED) is 0.537. The van der Waals surface area contributed by atoms with Gasteiger partial charge in [0.1, 0.15) is 5.82 Å². The molecule has 1 saturated heterocycles. The number of benzene rings is 2. The van der Waals surface area contributed by atoms with Crippen molar-refractivity contribution in [2.75, 3.05) is 27.4 Å². The number of sulfonamides is 1. The molecule has 2 aromatic carbocycles. The van der Waals surface area contributed by atoms with Gasteiger partial charge in [0.05, 0.1) is 30.7 Å². The lowest BCUT2D eigenvalue weighted by Gasteiger charge is -2.25. The third kappa shape index (κ3) is 4.87. The normalized spacial score (nSPS) is 16.4. The molecule has 2 heterocycles. The average Bonchev–Trinajstić information content (AvgIpc) is 3.31. The number of aromatic nitrogens is 1. The van der Waals surface area contributed by atoms with Crippen molar-refractivity contribution >= 4 is 20.9 Å². The summed E-state index contributed by atoms with van der Waals surface area (Å²) in [5.41, 5.74) is 0.383. The van der Waals surface area contributed by atoms with Gasteiger partial charge in [-0.15, -0.1) is 0 Å². The first-order valence-electron chi connectivity index (χ1n) is 10.5. The Bertz CT molecular complexity index is 1300. The lowest BCUT2D eigenvalue weighted by Crippen LogP contribution is -2.38. The van der Waals surface area contributed by atoms with Crippen molar-refractivity contribution in [3.63, 3.8) is 0 Å². The van der Waals surface area contributed by atoms with Gasteiger partial charge < -0.3 is 19.2 Å². The first-order chi connectivity index (χ1) is 15.8. The molecular weight excluding hydrogens is 451 g/mol. The highest BCUT2D eigenvalue weighted by Crippen LogP contribution is 2.31. The van der Waals surface area contributed by atoms with Gasteiger partial charge in [0, 0.05) is 36.7 Å². The van der Waals surface area contributed by atoms with Gasteiger partial charge in [-0.1, -0.05) is 0 Å². The van der Waals surface area contributed by atoms with Crippen molar-refractivity contribution < 1.29 is 27.0 Å². The van der Waals surface area contributed by atoms with Crippen LogP contribution in [0.5, 0.6) is 11.5 Å². The number of hydrogen-bond donors (Lipinski definition) is 1. The molecule has 1 fully saturated rings. The first kappa shape index (κ1) is 23.2. The maximum absolute atomic E-state index is 13.4. The molecule has 1 aliphatic heterocycles. The van der Waals surface area contributed by atoms with Gasteiger partial charge in [-0.05, 0) is 49.2 Å². The summed E-state index contributed by atoms with van der Waals surface area (Å²) in [6, 6.07) is 9.63. The van der Waals surface area contributed by atoms with E-state index in [4.69, 9.17) is 14.2 Å². The van der Waals surface area contributed by atoms with E-state index in [1.54, 1.807) is 18.2 Å². The second-order valence-corrected chi connectivity index (χ2v) is 9.74. The van der Waals surface area contributed by atoms with Crippen LogP contribution in [-0.2, 0) is 21.3 Å². The highest BCUT2D eigenvalue weighted by Gasteiger charge is 2.30. The van der Waals surface area contributed by atoms with Crippen LogP contribution in [0, 0.1) is 5.82 Å². The predicted octanol–water partition coefficient (Wildman–Crippen LogP) is 3.05. The molecule has 1 aromatic heterocycles. The van der Waals surface area contributed by atoms with Crippen LogP contribution in [0.15, 0.2) is 52.2 Å². The summed E-state index contributed by atoms with van der Waals surface area (Å²) in [5.74, 6) is 0.417. The zero-order valence-electron chi connectivity index (χ0n) is 18.3. The van der Waals surface area contributed by atoms with Crippen LogP contribution in [-0.4, -0.2) is 51.2 Å². The summed E-state index contributed by atoms with van der Waals surface area (Å²) < 4.78 is 57.6. The van der Waals surface area contributed by atoms with Gasteiger partial charge in [0.25, 0.3) is 5.56 Å². The minimum atomic E-state index is -4.01. The number of rotatable bonds is 8. The second kappa shape index (κ2) is 9.50. The van der Waals surface area contributed by atoms with Gasteiger partial charge in [0.2, 0.25) is 10.0 Å². The summed E-state index contributed by atoms with van der Waals surface area (Å²) in [7, 11) is -1.000. The molecule has 33 heavy (non-hydrogen) atoms. The number of nitrogens with zero attached hydrogens (tertiary/aromatic N) is 1. The van der Waals surface area contributed by atoms with E-state index < -0.39 is 21.4 Å². The molecule has 10 heteroatoms. The van der Waals surface area contributed by atoms with E-state index in [1.165, 1.54) is 30.7 Å². The van der Waals surface area contributed by atoms with E-state index in [-0.39, 0.29) is 29.7 Å². The van der Waals surface area contributed by atoms with E-state index in [0.717, 1.165) is 25.0 Å². The summed E-state index contributed by atoms with van der Waals surface area (Å²) in [5, 5.41) is 0.665. The largest absolute Gasteiger partial charge is 0.493 e. The van der Waals surface area contributed by atoms with Crippen LogP contribution in [0.2, 0.25) is 0 Å². The lowest BCUT2D eigenvalue weighted by atomic mass is 10.1. The molecule has 0 aliphatic carbocycles. The molecule has 0 spiro atoms. The minimum Gasteiger partial charge on any atom is -0.493 e. The SMILES string of the molecule is COc1cc2cc(CN(C[C@@H]3CCCO3)S(=O)(=O)c3ccc(F)cc3)c(=O)[nH]c2cc1OC. The fraction of sp³-hybridized carbons (Fsp3) is 0.348. The zero-order valence-corrected chi connectivity index (χ0v) is 19.2. The van der Waals surface area contributed by atoms with Crippen LogP contribution in [0.4, 0.5) is 4.39 Å². The Hall–Kier alpha value is -2.95. The number of halogens is 1. The fourth-order valence-electron chi connectivity index (χ4n) is 3.90. The molecule has 1 aliphatic rings. The third-order valence-electron chi connectivity index (χ3n) is 5.65. The molecule has 0 saturated carbocycles. The zero-order chi connectivity index (χ0) is 23.6. The van der Waals surface area contributed by atoms with E-state index in [1.807, 2.05) is 0 Å². The molecule has 1 atom stereocenters. The number of H-pyrrole nitrogens is 1. The lowest BCUT2D eigenvalue weighted by molar-refractivity contribution is 0.0925. The predicted molar refractivity (Wildman–Crippen MR) is 121 cm³/mol. The topological polar surface area (TPSA) is 97.9 Å². The summed E-state index contributed by atoms with van der Waals surface area (Å²) in [4.78, 5) is 15.6. The van der Waals surface area contributed by atoms with Gasteiger partial charge in [-0.3, -0.25) is 4.79 Å². The Morgan fingerprint density at radius 2 is 1.82 bits per heavy atom. The van der Waals surface area contributed by atoms with Crippen molar-refractivity contribution in [3.05, 3.63) is 64.2 Å². The summed E-state index contributed by atoms with van der Waals surface area (Å²) >= 11 is 0. The van der Waals surface area contributed by atoms with Crippen LogP contribution >= 0.6 is 0 Å².